The van der Waals surface area contributed by atoms with Gasteiger partial charge in [-0.25, -0.2) is 4.79 Å². The molecule has 0 unspecified atom stereocenters. The molecule has 0 spiro atoms. The Balaban J connectivity index is 2.02. The second-order valence-corrected chi connectivity index (χ2v) is 11.4. The number of nitrogens with one attached hydrogen (secondary N) is 3. The van der Waals surface area contributed by atoms with Crippen LogP contribution in [0.4, 0.5) is 4.79 Å². The number of hydrogen-bond acceptors (Lipinski definition) is 7. The number of aliphatic carboxylic acids is 1. The highest BCUT2D eigenvalue weighted by atomic mass is 16.4. The zero-order valence-corrected chi connectivity index (χ0v) is 26.2. The number of Topliss-reactive ketones (excluding diaryl/α,β-unsaturated/α-hetero) is 2. The van der Waals surface area contributed by atoms with Gasteiger partial charge >= 0.3 is 12.0 Å². The smallest absolute Gasteiger partial charge is 0.312 e. The van der Waals surface area contributed by atoms with Gasteiger partial charge in [-0.15, -0.1) is 0 Å². The lowest BCUT2D eigenvalue weighted by atomic mass is 9.99. The van der Waals surface area contributed by atoms with E-state index in [0.29, 0.717) is 38.6 Å². The van der Waals surface area contributed by atoms with Crippen molar-refractivity contribution in [3.63, 3.8) is 0 Å². The second kappa shape index (κ2) is 19.2. The Morgan fingerprint density at radius 3 is 2.27 bits per heavy atom. The number of urea groups is 1. The highest BCUT2D eigenvalue weighted by Crippen LogP contribution is 2.22. The van der Waals surface area contributed by atoms with Crippen LogP contribution in [-0.4, -0.2) is 82.5 Å². The molecule has 2 rings (SSSR count). The van der Waals surface area contributed by atoms with Gasteiger partial charge in [-0.05, 0) is 50.5 Å². The number of hydrogen-bond donors (Lipinski definition) is 5. The summed E-state index contributed by atoms with van der Waals surface area (Å²) in [5.41, 5.74) is 6.16. The maximum absolute atomic E-state index is 13.3. The SMILES string of the molecule is CCC(=O)[C@H](CCc1ccccc1)NC(=O)CCC(=O)[C@H](CCCNC(N)=O)NC(=O)[C@@H]1CCCN1C(=O)[C@@H](C)CCC(=O)O. The van der Waals surface area contributed by atoms with Crippen LogP contribution >= 0.6 is 0 Å². The number of ketones is 2. The molecule has 0 bridgehead atoms. The van der Waals surface area contributed by atoms with Crippen molar-refractivity contribution in [3.05, 3.63) is 35.9 Å². The number of nitrogens with two attached hydrogens (primary N) is 1. The van der Waals surface area contributed by atoms with E-state index >= 15 is 0 Å². The molecule has 45 heavy (non-hydrogen) atoms. The Kier molecular flexibility index (Phi) is 15.7. The Morgan fingerprint density at radius 2 is 1.62 bits per heavy atom. The van der Waals surface area contributed by atoms with Crippen molar-refractivity contribution in [3.8, 4) is 0 Å². The number of nitrogens with zero attached hydrogens (tertiary/aromatic N) is 1. The Bertz CT molecular complexity index is 1190. The maximum Gasteiger partial charge on any atom is 0.312 e. The van der Waals surface area contributed by atoms with Crippen LogP contribution < -0.4 is 21.7 Å². The van der Waals surface area contributed by atoms with Crippen LogP contribution in [0.1, 0.15) is 83.6 Å². The third-order valence-corrected chi connectivity index (χ3v) is 7.96. The van der Waals surface area contributed by atoms with Gasteiger partial charge in [0.05, 0.1) is 12.1 Å². The molecule has 0 radical (unpaired) electrons. The minimum Gasteiger partial charge on any atom is -0.481 e. The lowest BCUT2D eigenvalue weighted by Crippen LogP contribution is -2.52. The average Bonchev–Trinajstić information content (AvgIpc) is 3.52. The monoisotopic (exact) mass is 629 g/mol. The van der Waals surface area contributed by atoms with Crippen molar-refractivity contribution < 1.29 is 38.7 Å². The molecule has 1 saturated heterocycles. The number of rotatable bonds is 20. The number of carbonyl (C=O) groups is 7. The predicted molar refractivity (Wildman–Crippen MR) is 166 cm³/mol. The zero-order chi connectivity index (χ0) is 33.4. The molecule has 13 heteroatoms. The van der Waals surface area contributed by atoms with Crippen LogP contribution in [0.5, 0.6) is 0 Å². The molecule has 0 aliphatic carbocycles. The third-order valence-electron chi connectivity index (χ3n) is 7.96. The first kappa shape index (κ1) is 36.9. The normalized spacial score (nSPS) is 16.2. The summed E-state index contributed by atoms with van der Waals surface area (Å²) in [5.74, 6) is -3.37. The standard InChI is InChI=1S/C32H47N5O8/c1-3-26(38)24(15-14-22-9-5-4-6-10-22)35-28(40)17-16-27(39)23(11-7-19-34-32(33)45)36-30(43)25-12-8-20-37(25)31(44)21(2)13-18-29(41)42/h4-6,9-10,21,23-25H,3,7-8,11-20H2,1-2H3,(H,35,40)(H,36,43)(H,41,42)(H3,33,34,45)/t21-,23-,24-,25-/m0/s1. The molecule has 6 N–H and O–H groups in total. The molecule has 13 nitrogen and oxygen atoms in total. The van der Waals surface area contributed by atoms with Crippen LogP contribution in [0.2, 0.25) is 0 Å². The van der Waals surface area contributed by atoms with Gasteiger partial charge in [-0.1, -0.05) is 44.2 Å². The topological polar surface area (TPSA) is 205 Å². The summed E-state index contributed by atoms with van der Waals surface area (Å²) in [6, 6.07) is 6.41. The van der Waals surface area contributed by atoms with Gasteiger partial charge in [-0.3, -0.25) is 28.8 Å². The minimum atomic E-state index is -1.01. The summed E-state index contributed by atoms with van der Waals surface area (Å²) in [7, 11) is 0. The highest BCUT2D eigenvalue weighted by molar-refractivity contribution is 5.95. The molecule has 1 aliphatic heterocycles. The number of carbonyl (C=O) groups excluding carboxylic acids is 6. The molecule has 1 aromatic rings. The first-order valence-corrected chi connectivity index (χ1v) is 15.7. The van der Waals surface area contributed by atoms with Crippen molar-refractivity contribution in [2.45, 2.75) is 103 Å². The van der Waals surface area contributed by atoms with Crippen molar-refractivity contribution >= 4 is 41.3 Å². The van der Waals surface area contributed by atoms with Gasteiger partial charge in [0.25, 0.3) is 0 Å². The summed E-state index contributed by atoms with van der Waals surface area (Å²) in [4.78, 5) is 88.4. The third kappa shape index (κ3) is 13.1. The minimum absolute atomic E-state index is 0.106. The molecule has 1 heterocycles. The largest absolute Gasteiger partial charge is 0.481 e. The number of carboxylic acids is 1. The van der Waals surface area contributed by atoms with E-state index in [1.54, 1.807) is 13.8 Å². The number of amides is 5. The summed E-state index contributed by atoms with van der Waals surface area (Å²) in [6.45, 7) is 3.87. The van der Waals surface area contributed by atoms with Gasteiger partial charge < -0.3 is 31.7 Å². The highest BCUT2D eigenvalue weighted by Gasteiger charge is 2.37. The molecule has 248 valence electrons. The van der Waals surface area contributed by atoms with Crippen LogP contribution in [0.25, 0.3) is 0 Å². The van der Waals surface area contributed by atoms with Gasteiger partial charge in [0.15, 0.2) is 11.6 Å². The van der Waals surface area contributed by atoms with Crippen LogP contribution in [0.15, 0.2) is 30.3 Å². The lowest BCUT2D eigenvalue weighted by Gasteiger charge is -2.28. The number of benzene rings is 1. The van der Waals surface area contributed by atoms with Gasteiger partial charge in [0, 0.05) is 44.7 Å². The molecule has 0 saturated carbocycles. The zero-order valence-electron chi connectivity index (χ0n) is 26.2. The molecule has 0 aromatic heterocycles. The summed E-state index contributed by atoms with van der Waals surface area (Å²) in [6.07, 6.45) is 2.34. The lowest BCUT2D eigenvalue weighted by molar-refractivity contribution is -0.143. The van der Waals surface area contributed by atoms with Crippen molar-refractivity contribution in [2.75, 3.05) is 13.1 Å². The molecule has 5 amide bonds. The average molecular weight is 630 g/mol. The van der Waals surface area contributed by atoms with E-state index in [1.807, 2.05) is 30.3 Å². The van der Waals surface area contributed by atoms with Gasteiger partial charge in [-0.2, -0.15) is 0 Å². The van der Waals surface area contributed by atoms with Gasteiger partial charge in [0.1, 0.15) is 6.04 Å². The molecule has 4 atom stereocenters. The quantitative estimate of drug-likeness (QED) is 0.134. The van der Waals surface area contributed by atoms with Crippen molar-refractivity contribution in [1.29, 1.82) is 0 Å². The van der Waals surface area contributed by atoms with E-state index < -0.39 is 53.6 Å². The maximum atomic E-state index is 13.3. The fourth-order valence-electron chi connectivity index (χ4n) is 5.34. The first-order chi connectivity index (χ1) is 21.4. The van der Waals surface area contributed by atoms with Crippen LogP contribution in [0, 0.1) is 5.92 Å². The van der Waals surface area contributed by atoms with Crippen LogP contribution in [-0.2, 0) is 35.2 Å². The number of carboxylic acid groups (broad SMARTS) is 1. The van der Waals surface area contributed by atoms with Gasteiger partial charge in [0.2, 0.25) is 17.7 Å². The fraction of sp³-hybridized carbons (Fsp3) is 0.594. The van der Waals surface area contributed by atoms with Crippen LogP contribution in [0.3, 0.4) is 0 Å². The van der Waals surface area contributed by atoms with E-state index in [2.05, 4.69) is 16.0 Å². The Hall–Kier alpha value is -4.29. The summed E-state index contributed by atoms with van der Waals surface area (Å²) in [5, 5.41) is 16.9. The van der Waals surface area contributed by atoms with Crippen molar-refractivity contribution in [2.24, 2.45) is 11.7 Å². The number of primary amides is 1. The molecular weight excluding hydrogens is 582 g/mol. The predicted octanol–water partition coefficient (Wildman–Crippen LogP) is 1.86. The van der Waals surface area contributed by atoms with E-state index in [9.17, 15) is 33.6 Å². The van der Waals surface area contributed by atoms with Crippen molar-refractivity contribution in [1.82, 2.24) is 20.9 Å². The fourth-order valence-corrected chi connectivity index (χ4v) is 5.34. The Morgan fingerprint density at radius 1 is 0.933 bits per heavy atom. The second-order valence-electron chi connectivity index (χ2n) is 11.4. The Labute approximate surface area is 264 Å². The number of aryl methyl sites for hydroxylation is 1. The molecular formula is C32H47N5O8. The van der Waals surface area contributed by atoms with E-state index in [-0.39, 0.29) is 56.8 Å². The molecule has 1 aromatic carbocycles. The number of likely N-dealkylation sites (tertiary alicyclic amines) is 1. The molecule has 1 aliphatic rings. The van der Waals surface area contributed by atoms with E-state index in [4.69, 9.17) is 10.8 Å². The first-order valence-electron chi connectivity index (χ1n) is 15.7. The van der Waals surface area contributed by atoms with E-state index in [0.717, 1.165) is 5.56 Å². The summed E-state index contributed by atoms with van der Waals surface area (Å²) >= 11 is 0. The van der Waals surface area contributed by atoms with E-state index in [1.165, 1.54) is 4.90 Å². The summed E-state index contributed by atoms with van der Waals surface area (Å²) < 4.78 is 0. The molecule has 1 fully saturated rings.